The second kappa shape index (κ2) is 6.12. The lowest BCUT2D eigenvalue weighted by molar-refractivity contribution is -0.139. The third kappa shape index (κ3) is 3.13. The minimum Gasteiger partial charge on any atom is -0.423 e. The second-order valence-electron chi connectivity index (χ2n) is 3.49. The number of carbonyl (C=O) groups is 1. The Morgan fingerprint density at radius 3 is 2.19 bits per heavy atom. The minimum absolute atomic E-state index is 0.104. The first-order valence-electron chi connectivity index (χ1n) is 5.25. The fourth-order valence-electron chi connectivity index (χ4n) is 1.39. The highest BCUT2D eigenvalue weighted by molar-refractivity contribution is 6.37. The average Bonchev–Trinajstić information content (AvgIpc) is 2.25. The highest BCUT2D eigenvalue weighted by Crippen LogP contribution is 2.33. The van der Waals surface area contributed by atoms with Gasteiger partial charge in [0.1, 0.15) is 0 Å². The van der Waals surface area contributed by atoms with Crippen molar-refractivity contribution in [2.24, 2.45) is 5.92 Å². The van der Waals surface area contributed by atoms with Crippen molar-refractivity contribution in [1.29, 1.82) is 0 Å². The topological polar surface area (TPSA) is 26.3 Å². The number of para-hydroxylation sites is 1. The molecule has 16 heavy (non-hydrogen) atoms. The molecule has 1 aromatic carbocycles. The third-order valence-corrected chi connectivity index (χ3v) is 3.04. The summed E-state index contributed by atoms with van der Waals surface area (Å²) in [6, 6.07) is 4.99. The van der Waals surface area contributed by atoms with Crippen molar-refractivity contribution in [2.75, 3.05) is 0 Å². The lowest BCUT2D eigenvalue weighted by Crippen LogP contribution is -2.19. The summed E-state index contributed by atoms with van der Waals surface area (Å²) in [4.78, 5) is 11.7. The molecule has 0 N–H and O–H groups in total. The van der Waals surface area contributed by atoms with Crippen LogP contribution in [0.5, 0.6) is 5.75 Å². The van der Waals surface area contributed by atoms with Crippen molar-refractivity contribution in [3.63, 3.8) is 0 Å². The van der Waals surface area contributed by atoms with Crippen LogP contribution in [0.3, 0.4) is 0 Å². The molecular weight excluding hydrogens is 247 g/mol. The van der Waals surface area contributed by atoms with Gasteiger partial charge in [0, 0.05) is 0 Å². The van der Waals surface area contributed by atoms with Gasteiger partial charge in [-0.3, -0.25) is 4.79 Å². The molecule has 0 spiro atoms. The van der Waals surface area contributed by atoms with Gasteiger partial charge in [-0.2, -0.15) is 0 Å². The maximum Gasteiger partial charge on any atom is 0.314 e. The number of hydrogen-bond donors (Lipinski definition) is 0. The summed E-state index contributed by atoms with van der Waals surface area (Å²) in [7, 11) is 0. The average molecular weight is 261 g/mol. The zero-order chi connectivity index (χ0) is 12.1. The van der Waals surface area contributed by atoms with Crippen LogP contribution in [0.1, 0.15) is 26.7 Å². The summed E-state index contributed by atoms with van der Waals surface area (Å²) >= 11 is 11.8. The standard InChI is InChI=1S/C12H14Cl2O2/c1-3-8(4-2)12(15)16-11-9(13)6-5-7-10(11)14/h5-8H,3-4H2,1-2H3. The molecule has 0 heterocycles. The van der Waals surface area contributed by atoms with Crippen LogP contribution in [0.25, 0.3) is 0 Å². The number of benzene rings is 1. The molecule has 0 aromatic heterocycles. The molecule has 0 fully saturated rings. The lowest BCUT2D eigenvalue weighted by Gasteiger charge is -2.13. The number of halogens is 2. The largest absolute Gasteiger partial charge is 0.423 e. The summed E-state index contributed by atoms with van der Waals surface area (Å²) in [5, 5.41) is 0.707. The highest BCUT2D eigenvalue weighted by Gasteiger charge is 2.19. The van der Waals surface area contributed by atoms with E-state index >= 15 is 0 Å². The van der Waals surface area contributed by atoms with Crippen LogP contribution < -0.4 is 4.74 Å². The number of ether oxygens (including phenoxy) is 1. The molecule has 0 aliphatic carbocycles. The Morgan fingerprint density at radius 1 is 1.25 bits per heavy atom. The molecule has 0 atom stereocenters. The van der Waals surface area contributed by atoms with Crippen LogP contribution in [0, 0.1) is 5.92 Å². The zero-order valence-electron chi connectivity index (χ0n) is 9.30. The van der Waals surface area contributed by atoms with E-state index in [1.165, 1.54) is 0 Å². The molecule has 0 unspecified atom stereocenters. The minimum atomic E-state index is -0.278. The Hall–Kier alpha value is -0.730. The maximum absolute atomic E-state index is 11.7. The summed E-state index contributed by atoms with van der Waals surface area (Å²) in [5.41, 5.74) is 0. The van der Waals surface area contributed by atoms with Gasteiger partial charge in [0.15, 0.2) is 5.75 Å². The van der Waals surface area contributed by atoms with Crippen molar-refractivity contribution in [2.45, 2.75) is 26.7 Å². The SMILES string of the molecule is CCC(CC)C(=O)Oc1c(Cl)cccc1Cl. The highest BCUT2D eigenvalue weighted by atomic mass is 35.5. The van der Waals surface area contributed by atoms with Crippen LogP contribution in [0.2, 0.25) is 10.0 Å². The van der Waals surface area contributed by atoms with Gasteiger partial charge in [-0.05, 0) is 25.0 Å². The van der Waals surface area contributed by atoms with Crippen LogP contribution in [0.4, 0.5) is 0 Å². The van der Waals surface area contributed by atoms with Gasteiger partial charge in [-0.25, -0.2) is 0 Å². The van der Waals surface area contributed by atoms with E-state index in [1.807, 2.05) is 13.8 Å². The van der Waals surface area contributed by atoms with Gasteiger partial charge < -0.3 is 4.74 Å². The van der Waals surface area contributed by atoms with Crippen LogP contribution in [-0.2, 0) is 4.79 Å². The Balaban J connectivity index is 2.84. The summed E-state index contributed by atoms with van der Waals surface area (Å²) in [5.74, 6) is -0.130. The van der Waals surface area contributed by atoms with Crippen LogP contribution >= 0.6 is 23.2 Å². The van der Waals surface area contributed by atoms with Crippen molar-refractivity contribution in [1.82, 2.24) is 0 Å². The molecule has 0 aliphatic rings. The molecule has 0 saturated carbocycles. The van der Waals surface area contributed by atoms with Crippen LogP contribution in [-0.4, -0.2) is 5.97 Å². The molecule has 0 saturated heterocycles. The Morgan fingerprint density at radius 2 is 1.75 bits per heavy atom. The first kappa shape index (κ1) is 13.3. The van der Waals surface area contributed by atoms with E-state index < -0.39 is 0 Å². The first-order valence-corrected chi connectivity index (χ1v) is 6.01. The second-order valence-corrected chi connectivity index (χ2v) is 4.30. The number of hydrogen-bond acceptors (Lipinski definition) is 2. The van der Waals surface area contributed by atoms with Crippen LogP contribution in [0.15, 0.2) is 18.2 Å². The van der Waals surface area contributed by atoms with Gasteiger partial charge in [0.2, 0.25) is 0 Å². The first-order chi connectivity index (χ1) is 7.60. The van der Waals surface area contributed by atoms with Crippen molar-refractivity contribution < 1.29 is 9.53 Å². The van der Waals surface area contributed by atoms with Gasteiger partial charge in [0.25, 0.3) is 0 Å². The number of rotatable bonds is 4. The summed E-state index contributed by atoms with van der Waals surface area (Å²) in [6.45, 7) is 3.90. The fourth-order valence-corrected chi connectivity index (χ4v) is 1.86. The van der Waals surface area contributed by atoms with E-state index in [1.54, 1.807) is 18.2 Å². The van der Waals surface area contributed by atoms with Gasteiger partial charge in [0.05, 0.1) is 16.0 Å². The summed E-state index contributed by atoms with van der Waals surface area (Å²) < 4.78 is 5.22. The van der Waals surface area contributed by atoms with E-state index in [2.05, 4.69) is 0 Å². The smallest absolute Gasteiger partial charge is 0.314 e. The van der Waals surface area contributed by atoms with E-state index in [0.29, 0.717) is 10.0 Å². The molecule has 1 rings (SSSR count). The number of esters is 1. The molecule has 0 bridgehead atoms. The normalized spacial score (nSPS) is 10.6. The predicted octanol–water partition coefficient (Wildman–Crippen LogP) is 4.34. The molecule has 0 aliphatic heterocycles. The molecular formula is C12H14Cl2O2. The monoisotopic (exact) mass is 260 g/mol. The molecule has 2 nitrogen and oxygen atoms in total. The van der Waals surface area contributed by atoms with Gasteiger partial charge in [-0.1, -0.05) is 43.1 Å². The quantitative estimate of drug-likeness (QED) is 0.595. The van der Waals surface area contributed by atoms with Crippen molar-refractivity contribution in [3.8, 4) is 5.75 Å². The third-order valence-electron chi connectivity index (χ3n) is 2.44. The number of carbonyl (C=O) groups excluding carboxylic acids is 1. The van der Waals surface area contributed by atoms with Crippen molar-refractivity contribution in [3.05, 3.63) is 28.2 Å². The molecule has 4 heteroatoms. The van der Waals surface area contributed by atoms with E-state index in [9.17, 15) is 4.79 Å². The fraction of sp³-hybridized carbons (Fsp3) is 0.417. The van der Waals surface area contributed by atoms with Gasteiger partial charge >= 0.3 is 5.97 Å². The maximum atomic E-state index is 11.7. The van der Waals surface area contributed by atoms with Gasteiger partial charge in [-0.15, -0.1) is 0 Å². The Kier molecular flexibility index (Phi) is 5.10. The Bertz CT molecular complexity index is 353. The lowest BCUT2D eigenvalue weighted by atomic mass is 10.0. The summed E-state index contributed by atoms with van der Waals surface area (Å²) in [6.07, 6.45) is 1.49. The molecule has 0 radical (unpaired) electrons. The Labute approximate surface area is 106 Å². The molecule has 88 valence electrons. The van der Waals surface area contributed by atoms with E-state index in [-0.39, 0.29) is 17.6 Å². The van der Waals surface area contributed by atoms with Crippen molar-refractivity contribution >= 4 is 29.2 Å². The van der Waals surface area contributed by atoms with E-state index in [0.717, 1.165) is 12.8 Å². The van der Waals surface area contributed by atoms with E-state index in [4.69, 9.17) is 27.9 Å². The zero-order valence-corrected chi connectivity index (χ0v) is 10.8. The molecule has 0 amide bonds. The molecule has 1 aromatic rings. The predicted molar refractivity (Wildman–Crippen MR) is 66.2 cm³/mol.